The molecule has 0 radical (unpaired) electrons. The highest BCUT2D eigenvalue weighted by Gasteiger charge is 2.15. The summed E-state index contributed by atoms with van der Waals surface area (Å²) >= 11 is 0. The molecule has 22 heavy (non-hydrogen) atoms. The highest BCUT2D eigenvalue weighted by atomic mass is 16.3. The summed E-state index contributed by atoms with van der Waals surface area (Å²) in [6.07, 6.45) is 4.78. The molecule has 5 heteroatoms. The summed E-state index contributed by atoms with van der Waals surface area (Å²) in [5.41, 5.74) is 0.957. The zero-order valence-electron chi connectivity index (χ0n) is 13.3. The van der Waals surface area contributed by atoms with Gasteiger partial charge >= 0.3 is 0 Å². The van der Waals surface area contributed by atoms with Gasteiger partial charge in [-0.25, -0.2) is 4.98 Å². The smallest absolute Gasteiger partial charge is 0.251 e. The summed E-state index contributed by atoms with van der Waals surface area (Å²) in [4.78, 5) is 19.4. The number of carbonyl (C=O) groups excluding carboxylic acids is 1. The first-order chi connectivity index (χ1) is 10.3. The number of benzene rings is 1. The van der Waals surface area contributed by atoms with Crippen LogP contribution in [0, 0.1) is 0 Å². The molecular formula is C17H23N3O2. The lowest BCUT2D eigenvalue weighted by Gasteiger charge is -2.17. The number of hydrogen-bond donors (Lipinski definition) is 3. The molecule has 2 rings (SSSR count). The first-order valence-electron chi connectivity index (χ1n) is 7.46. The van der Waals surface area contributed by atoms with Crippen LogP contribution in [0.25, 0.3) is 0 Å². The van der Waals surface area contributed by atoms with E-state index in [9.17, 15) is 9.90 Å². The van der Waals surface area contributed by atoms with Gasteiger partial charge < -0.3 is 15.4 Å². The van der Waals surface area contributed by atoms with E-state index in [-0.39, 0.29) is 11.9 Å². The lowest BCUT2D eigenvalue weighted by Crippen LogP contribution is -2.27. The molecule has 1 atom stereocenters. The van der Waals surface area contributed by atoms with Crippen LogP contribution in [0.2, 0.25) is 0 Å². The Morgan fingerprint density at radius 2 is 2.23 bits per heavy atom. The third kappa shape index (κ3) is 4.70. The summed E-state index contributed by atoms with van der Waals surface area (Å²) in [7, 11) is 0. The fourth-order valence-corrected chi connectivity index (χ4v) is 2.18. The van der Waals surface area contributed by atoms with Gasteiger partial charge in [-0.05, 0) is 51.3 Å². The summed E-state index contributed by atoms with van der Waals surface area (Å²) in [5.74, 6) is 0.598. The maximum atomic E-state index is 12.3. The van der Waals surface area contributed by atoms with Crippen LogP contribution in [0.4, 0.5) is 0 Å². The van der Waals surface area contributed by atoms with Crippen molar-refractivity contribution in [2.24, 2.45) is 0 Å². The molecule has 0 aliphatic rings. The number of carbonyl (C=O) groups is 1. The van der Waals surface area contributed by atoms with Crippen molar-refractivity contribution in [2.45, 2.75) is 45.3 Å². The van der Waals surface area contributed by atoms with Crippen molar-refractivity contribution in [1.29, 1.82) is 0 Å². The molecule has 1 aromatic carbocycles. The first-order valence-corrected chi connectivity index (χ1v) is 7.46. The molecule has 0 spiro atoms. The van der Waals surface area contributed by atoms with E-state index in [4.69, 9.17) is 0 Å². The Hall–Kier alpha value is -2.14. The largest absolute Gasteiger partial charge is 0.390 e. The summed E-state index contributed by atoms with van der Waals surface area (Å²) in [6, 6.07) is 7.32. The fraction of sp³-hybridized carbons (Fsp3) is 0.412. The minimum atomic E-state index is -0.702. The SMILES string of the molecule is C[C@@H](NC(=O)c1cccc(CCC(C)(C)O)c1)c1ncc[nH]1. The number of rotatable bonds is 6. The van der Waals surface area contributed by atoms with Crippen molar-refractivity contribution < 1.29 is 9.90 Å². The van der Waals surface area contributed by atoms with Crippen LogP contribution in [0.1, 0.15) is 55.0 Å². The van der Waals surface area contributed by atoms with E-state index < -0.39 is 5.60 Å². The minimum Gasteiger partial charge on any atom is -0.390 e. The maximum Gasteiger partial charge on any atom is 0.251 e. The van der Waals surface area contributed by atoms with Gasteiger partial charge in [-0.2, -0.15) is 0 Å². The Morgan fingerprint density at radius 3 is 2.86 bits per heavy atom. The van der Waals surface area contributed by atoms with Gasteiger partial charge in [0.25, 0.3) is 5.91 Å². The number of hydrogen-bond acceptors (Lipinski definition) is 3. The fourth-order valence-electron chi connectivity index (χ4n) is 2.18. The van der Waals surface area contributed by atoms with Crippen molar-refractivity contribution in [3.8, 4) is 0 Å². The van der Waals surface area contributed by atoms with Gasteiger partial charge in [0, 0.05) is 18.0 Å². The molecule has 0 aliphatic carbocycles. The normalized spacial score (nSPS) is 12.9. The van der Waals surface area contributed by atoms with Gasteiger partial charge in [-0.15, -0.1) is 0 Å². The van der Waals surface area contributed by atoms with Crippen LogP contribution in [0.15, 0.2) is 36.7 Å². The van der Waals surface area contributed by atoms with Gasteiger partial charge in [0.1, 0.15) is 5.82 Å². The second-order valence-electron chi connectivity index (χ2n) is 6.18. The van der Waals surface area contributed by atoms with Crippen molar-refractivity contribution >= 4 is 5.91 Å². The van der Waals surface area contributed by atoms with E-state index >= 15 is 0 Å². The highest BCUT2D eigenvalue weighted by molar-refractivity contribution is 5.94. The molecule has 0 fully saturated rings. The van der Waals surface area contributed by atoms with Crippen LogP contribution in [0.3, 0.4) is 0 Å². The number of nitrogens with one attached hydrogen (secondary N) is 2. The standard InChI is InChI=1S/C17H23N3O2/c1-12(15-18-9-10-19-15)20-16(21)14-6-4-5-13(11-14)7-8-17(2,3)22/h4-6,9-12,22H,7-8H2,1-3H3,(H,18,19)(H,20,21)/t12-/m1/s1. The molecule has 0 saturated heterocycles. The number of amides is 1. The molecule has 0 aliphatic heterocycles. The quantitative estimate of drug-likeness (QED) is 0.767. The van der Waals surface area contributed by atoms with Crippen molar-refractivity contribution in [3.63, 3.8) is 0 Å². The summed E-state index contributed by atoms with van der Waals surface area (Å²) in [5, 5.41) is 12.7. The monoisotopic (exact) mass is 301 g/mol. The Balaban J connectivity index is 2.01. The number of nitrogens with zero attached hydrogens (tertiary/aromatic N) is 1. The van der Waals surface area contributed by atoms with Crippen LogP contribution < -0.4 is 5.32 Å². The zero-order chi connectivity index (χ0) is 16.2. The lowest BCUT2D eigenvalue weighted by atomic mass is 9.98. The van der Waals surface area contributed by atoms with Crippen molar-refractivity contribution in [3.05, 3.63) is 53.6 Å². The summed E-state index contributed by atoms with van der Waals surface area (Å²) in [6.45, 7) is 5.46. The molecule has 3 N–H and O–H groups in total. The molecule has 0 bridgehead atoms. The predicted molar refractivity (Wildman–Crippen MR) is 85.5 cm³/mol. The second-order valence-corrected chi connectivity index (χ2v) is 6.18. The maximum absolute atomic E-state index is 12.3. The lowest BCUT2D eigenvalue weighted by molar-refractivity contribution is 0.0714. The summed E-state index contributed by atoms with van der Waals surface area (Å²) < 4.78 is 0. The van der Waals surface area contributed by atoms with Crippen LogP contribution in [0.5, 0.6) is 0 Å². The van der Waals surface area contributed by atoms with Gasteiger partial charge in [-0.3, -0.25) is 4.79 Å². The Bertz CT molecular complexity index is 615. The first kappa shape index (κ1) is 16.2. The van der Waals surface area contributed by atoms with E-state index in [2.05, 4.69) is 15.3 Å². The van der Waals surface area contributed by atoms with Gasteiger partial charge in [0.15, 0.2) is 0 Å². The molecule has 0 unspecified atom stereocenters. The third-order valence-electron chi connectivity index (χ3n) is 3.49. The Morgan fingerprint density at radius 1 is 1.45 bits per heavy atom. The number of aryl methyl sites for hydroxylation is 1. The van der Waals surface area contributed by atoms with Crippen LogP contribution in [-0.2, 0) is 6.42 Å². The van der Waals surface area contributed by atoms with E-state index in [1.807, 2.05) is 25.1 Å². The molecule has 1 heterocycles. The number of aromatic amines is 1. The second kappa shape index (κ2) is 6.75. The van der Waals surface area contributed by atoms with Crippen molar-refractivity contribution in [2.75, 3.05) is 0 Å². The average molecular weight is 301 g/mol. The molecule has 5 nitrogen and oxygen atoms in total. The molecular weight excluding hydrogens is 278 g/mol. The van der Waals surface area contributed by atoms with E-state index in [1.54, 1.807) is 32.3 Å². The predicted octanol–water partition coefficient (Wildman–Crippen LogP) is 2.60. The topological polar surface area (TPSA) is 78.0 Å². The number of aromatic nitrogens is 2. The van der Waals surface area contributed by atoms with Crippen LogP contribution in [-0.4, -0.2) is 26.6 Å². The average Bonchev–Trinajstić information content (AvgIpc) is 2.99. The zero-order valence-corrected chi connectivity index (χ0v) is 13.3. The van der Waals surface area contributed by atoms with Crippen molar-refractivity contribution in [1.82, 2.24) is 15.3 Å². The van der Waals surface area contributed by atoms with Gasteiger partial charge in [0.2, 0.25) is 0 Å². The molecule has 0 saturated carbocycles. The van der Waals surface area contributed by atoms with Gasteiger partial charge in [0.05, 0.1) is 11.6 Å². The van der Waals surface area contributed by atoms with Crippen LogP contribution >= 0.6 is 0 Å². The number of imidazole rings is 1. The highest BCUT2D eigenvalue weighted by Crippen LogP contribution is 2.15. The Labute approximate surface area is 130 Å². The van der Waals surface area contributed by atoms with E-state index in [0.29, 0.717) is 12.0 Å². The molecule has 1 amide bonds. The minimum absolute atomic E-state index is 0.131. The van der Waals surface area contributed by atoms with E-state index in [0.717, 1.165) is 17.8 Å². The number of aliphatic hydroxyl groups is 1. The Kier molecular flexibility index (Phi) is 4.98. The van der Waals surface area contributed by atoms with E-state index in [1.165, 1.54) is 0 Å². The number of H-pyrrole nitrogens is 1. The molecule has 2 aromatic rings. The third-order valence-corrected chi connectivity index (χ3v) is 3.49. The molecule has 118 valence electrons. The van der Waals surface area contributed by atoms with Gasteiger partial charge in [-0.1, -0.05) is 12.1 Å². The molecule has 1 aromatic heterocycles.